The molecule has 2 heterocycles. The zero-order valence-electron chi connectivity index (χ0n) is 22.1. The minimum absolute atomic E-state index is 0.0291. The van der Waals surface area contributed by atoms with Crippen molar-refractivity contribution in [2.45, 2.75) is 56.7 Å². The number of furan rings is 1. The number of phenolic OH excluding ortho intramolecular Hbond substituents is 1. The molecule has 1 fully saturated rings. The molecule has 2 aromatic carbocycles. The lowest BCUT2D eigenvalue weighted by molar-refractivity contribution is -0.147. The van der Waals surface area contributed by atoms with Crippen LogP contribution in [-0.4, -0.2) is 61.6 Å². The van der Waals surface area contributed by atoms with E-state index in [0.717, 1.165) is 5.56 Å². The van der Waals surface area contributed by atoms with Gasteiger partial charge in [-0.25, -0.2) is 0 Å². The number of thioether (sulfide) groups is 1. The summed E-state index contributed by atoms with van der Waals surface area (Å²) in [7, 11) is 0. The van der Waals surface area contributed by atoms with E-state index in [1.54, 1.807) is 31.2 Å². The predicted octanol–water partition coefficient (Wildman–Crippen LogP) is 2.99. The van der Waals surface area contributed by atoms with Gasteiger partial charge in [0.05, 0.1) is 24.7 Å². The summed E-state index contributed by atoms with van der Waals surface area (Å²) in [5, 5.41) is 27.0. The van der Waals surface area contributed by atoms with Crippen LogP contribution in [0, 0.1) is 6.92 Å². The molecule has 3 atom stereocenters. The number of nitrogens with one attached hydrogen (secondary N) is 2. The summed E-state index contributed by atoms with van der Waals surface area (Å²) in [4.78, 5) is 41.6. The van der Waals surface area contributed by atoms with Gasteiger partial charge in [0.1, 0.15) is 17.6 Å². The fourth-order valence-electron chi connectivity index (χ4n) is 4.66. The predicted molar refractivity (Wildman–Crippen MR) is 148 cm³/mol. The molecule has 0 saturated carbocycles. The highest BCUT2D eigenvalue weighted by atomic mass is 32.2. The van der Waals surface area contributed by atoms with Crippen LogP contribution in [0.2, 0.25) is 0 Å². The van der Waals surface area contributed by atoms with Crippen molar-refractivity contribution in [3.8, 4) is 5.75 Å². The molecule has 206 valence electrons. The highest BCUT2D eigenvalue weighted by Crippen LogP contribution is 2.40. The summed E-state index contributed by atoms with van der Waals surface area (Å²) in [6.45, 7) is 5.54. The van der Waals surface area contributed by atoms with Crippen molar-refractivity contribution in [1.29, 1.82) is 0 Å². The molecule has 39 heavy (non-hydrogen) atoms. The normalized spacial score (nSPS) is 17.8. The Morgan fingerprint density at radius 1 is 1.10 bits per heavy atom. The first-order valence-corrected chi connectivity index (χ1v) is 13.6. The molecule has 0 bridgehead atoms. The van der Waals surface area contributed by atoms with Gasteiger partial charge in [-0.1, -0.05) is 36.4 Å². The Morgan fingerprint density at radius 3 is 2.54 bits per heavy atom. The number of carbonyl (C=O) groups excluding carboxylic acids is 3. The highest BCUT2D eigenvalue weighted by Gasteiger charge is 2.49. The topological polar surface area (TPSA) is 132 Å². The molecule has 3 amide bonds. The maximum absolute atomic E-state index is 13.7. The summed E-state index contributed by atoms with van der Waals surface area (Å²) in [5.74, 6) is -0.781. The van der Waals surface area contributed by atoms with E-state index in [1.165, 1.54) is 29.0 Å². The lowest BCUT2D eigenvalue weighted by Gasteiger charge is -2.33. The number of hydrogen-bond donors (Lipinski definition) is 4. The molecule has 4 N–H and O–H groups in total. The third-order valence-electron chi connectivity index (χ3n) is 6.89. The Hall–Kier alpha value is -3.76. The van der Waals surface area contributed by atoms with Gasteiger partial charge in [-0.2, -0.15) is 0 Å². The van der Waals surface area contributed by atoms with Crippen molar-refractivity contribution in [3.05, 3.63) is 89.4 Å². The third kappa shape index (κ3) is 6.46. The molecule has 3 aromatic rings. The Morgan fingerprint density at radius 2 is 1.85 bits per heavy atom. The molecule has 0 aliphatic carbocycles. The van der Waals surface area contributed by atoms with E-state index in [0.29, 0.717) is 11.3 Å². The van der Waals surface area contributed by atoms with E-state index in [4.69, 9.17) is 4.42 Å². The minimum atomic E-state index is -1.62. The first-order chi connectivity index (χ1) is 18.6. The van der Waals surface area contributed by atoms with E-state index < -0.39 is 34.7 Å². The van der Waals surface area contributed by atoms with Crippen molar-refractivity contribution in [1.82, 2.24) is 15.5 Å². The van der Waals surface area contributed by atoms with Crippen LogP contribution in [0.1, 0.15) is 41.1 Å². The van der Waals surface area contributed by atoms with Gasteiger partial charge in [0.15, 0.2) is 6.10 Å². The SMILES string of the molecule is Cc1c(O)cccc1C(=O)N[C@@H](Cc1ccccc1)[C@H](O)C(=O)N1CSC(C)(C)[C@@H]1C(=O)NCc1ccco1. The summed E-state index contributed by atoms with van der Waals surface area (Å²) >= 11 is 1.44. The van der Waals surface area contributed by atoms with Gasteiger partial charge in [-0.05, 0) is 57.0 Å². The molecule has 0 spiro atoms. The Kier molecular flexibility index (Phi) is 8.66. The summed E-state index contributed by atoms with van der Waals surface area (Å²) in [5.41, 5.74) is 1.44. The highest BCUT2D eigenvalue weighted by molar-refractivity contribution is 8.00. The maximum Gasteiger partial charge on any atom is 0.254 e. The Labute approximate surface area is 231 Å². The second-order valence-electron chi connectivity index (χ2n) is 10.0. The van der Waals surface area contributed by atoms with Crippen LogP contribution in [-0.2, 0) is 22.6 Å². The van der Waals surface area contributed by atoms with Crippen LogP contribution in [0.15, 0.2) is 71.3 Å². The van der Waals surface area contributed by atoms with Crippen LogP contribution in [0.25, 0.3) is 0 Å². The zero-order valence-corrected chi connectivity index (χ0v) is 22.9. The Bertz CT molecular complexity index is 1310. The first kappa shape index (κ1) is 28.3. The van der Waals surface area contributed by atoms with Gasteiger partial charge in [-0.15, -0.1) is 11.8 Å². The fraction of sp³-hybridized carbons (Fsp3) is 0.345. The number of rotatable bonds is 9. The van der Waals surface area contributed by atoms with Crippen molar-refractivity contribution in [2.75, 3.05) is 5.88 Å². The van der Waals surface area contributed by atoms with Crippen LogP contribution in [0.5, 0.6) is 5.75 Å². The van der Waals surface area contributed by atoms with Crippen LogP contribution in [0.4, 0.5) is 0 Å². The number of aromatic hydroxyl groups is 1. The van der Waals surface area contributed by atoms with Gasteiger partial charge < -0.3 is 30.2 Å². The number of phenols is 1. The molecule has 1 aliphatic rings. The second kappa shape index (κ2) is 12.0. The number of carbonyl (C=O) groups is 3. The molecule has 0 unspecified atom stereocenters. The van der Waals surface area contributed by atoms with E-state index in [9.17, 15) is 24.6 Å². The number of aliphatic hydroxyl groups is 1. The Balaban J connectivity index is 1.56. The quantitative estimate of drug-likeness (QED) is 0.321. The van der Waals surface area contributed by atoms with Crippen LogP contribution >= 0.6 is 11.8 Å². The van der Waals surface area contributed by atoms with Gasteiger partial charge in [-0.3, -0.25) is 14.4 Å². The standard InChI is InChI=1S/C29H33N3O6S/c1-18-21(12-7-13-23(18)33)26(35)31-22(15-19-9-5-4-6-10-19)24(34)28(37)32-17-39-29(2,3)25(32)27(36)30-16-20-11-8-14-38-20/h4-14,22,24-25,33-34H,15-17H2,1-3H3,(H,30,36)(H,31,35)/t22-,24-,25-/m0/s1. The molecule has 0 radical (unpaired) electrons. The lowest BCUT2D eigenvalue weighted by Crippen LogP contribution is -2.58. The van der Waals surface area contributed by atoms with Crippen molar-refractivity contribution in [3.63, 3.8) is 0 Å². The lowest BCUT2D eigenvalue weighted by atomic mass is 9.96. The fourth-order valence-corrected chi connectivity index (χ4v) is 5.80. The van der Waals surface area contributed by atoms with E-state index >= 15 is 0 Å². The van der Waals surface area contributed by atoms with Gasteiger partial charge in [0.25, 0.3) is 11.8 Å². The molecule has 1 saturated heterocycles. The van der Waals surface area contributed by atoms with Gasteiger partial charge in [0.2, 0.25) is 5.91 Å². The van der Waals surface area contributed by atoms with E-state index in [-0.39, 0.29) is 36.1 Å². The van der Waals surface area contributed by atoms with E-state index in [1.807, 2.05) is 44.2 Å². The summed E-state index contributed by atoms with van der Waals surface area (Å²) in [6, 6.07) is 15.4. The number of nitrogens with zero attached hydrogens (tertiary/aromatic N) is 1. The van der Waals surface area contributed by atoms with Crippen molar-refractivity contribution in [2.24, 2.45) is 0 Å². The minimum Gasteiger partial charge on any atom is -0.508 e. The van der Waals surface area contributed by atoms with Crippen molar-refractivity contribution >= 4 is 29.5 Å². The molecule has 1 aromatic heterocycles. The third-order valence-corrected chi connectivity index (χ3v) is 8.27. The largest absolute Gasteiger partial charge is 0.508 e. The number of amides is 3. The second-order valence-corrected chi connectivity index (χ2v) is 11.6. The first-order valence-electron chi connectivity index (χ1n) is 12.6. The molecule has 4 rings (SSSR count). The smallest absolute Gasteiger partial charge is 0.254 e. The van der Waals surface area contributed by atoms with Gasteiger partial charge >= 0.3 is 0 Å². The van der Waals surface area contributed by atoms with E-state index in [2.05, 4.69) is 10.6 Å². The number of aliphatic hydroxyl groups excluding tert-OH is 1. The number of benzene rings is 2. The van der Waals surface area contributed by atoms with Crippen LogP contribution < -0.4 is 10.6 Å². The number of hydrogen-bond acceptors (Lipinski definition) is 7. The monoisotopic (exact) mass is 551 g/mol. The molecular formula is C29H33N3O6S. The average Bonchev–Trinajstić information content (AvgIpc) is 3.55. The molecule has 1 aliphatic heterocycles. The summed E-state index contributed by atoms with van der Waals surface area (Å²) in [6.07, 6.45) is 0.0706. The van der Waals surface area contributed by atoms with Gasteiger partial charge in [0, 0.05) is 15.9 Å². The molecular weight excluding hydrogens is 518 g/mol. The van der Waals surface area contributed by atoms with Crippen LogP contribution in [0.3, 0.4) is 0 Å². The average molecular weight is 552 g/mol. The molecule has 9 nitrogen and oxygen atoms in total. The summed E-state index contributed by atoms with van der Waals surface area (Å²) < 4.78 is 4.68. The zero-order chi connectivity index (χ0) is 28.2. The maximum atomic E-state index is 13.7. The molecule has 10 heteroatoms. The van der Waals surface area contributed by atoms with Crippen molar-refractivity contribution < 1.29 is 29.0 Å².